The minimum atomic E-state index is -3.54. The van der Waals surface area contributed by atoms with Gasteiger partial charge in [0.15, 0.2) is 0 Å². The Bertz CT molecular complexity index is 610. The van der Waals surface area contributed by atoms with E-state index in [4.69, 9.17) is 16.0 Å². The summed E-state index contributed by atoms with van der Waals surface area (Å²) in [6.45, 7) is 0.0516. The van der Waals surface area contributed by atoms with Gasteiger partial charge in [-0.2, -0.15) is 0 Å². The Hall–Kier alpha value is -0.710. The van der Waals surface area contributed by atoms with Crippen LogP contribution in [-0.4, -0.2) is 51.5 Å². The maximum Gasteiger partial charge on any atom is 0.335 e. The molecule has 19 heavy (non-hydrogen) atoms. The fourth-order valence-electron chi connectivity index (χ4n) is 1.12. The second kappa shape index (κ2) is 6.64. The molecule has 0 unspecified atom stereocenters. The van der Waals surface area contributed by atoms with Crippen LogP contribution in [0, 0.1) is 0 Å². The van der Waals surface area contributed by atoms with Gasteiger partial charge in [-0.15, -0.1) is 16.7 Å². The number of hydrogen-bond donors (Lipinski definition) is 1. The second-order valence-corrected chi connectivity index (χ2v) is 7.94. The van der Waals surface area contributed by atoms with Gasteiger partial charge in [-0.1, -0.05) is 5.10 Å². The molecule has 1 aromatic heterocycles. The molecule has 0 radical (unpaired) electrons. The van der Waals surface area contributed by atoms with Crippen molar-refractivity contribution in [2.24, 2.45) is 0 Å². The van der Waals surface area contributed by atoms with Gasteiger partial charge in [0.25, 0.3) is 0 Å². The van der Waals surface area contributed by atoms with Crippen LogP contribution in [0.1, 0.15) is 12.3 Å². The third-order valence-corrected chi connectivity index (χ3v) is 4.51. The molecule has 0 amide bonds. The molecular formula is C8H14ClN3O5S2. The van der Waals surface area contributed by atoms with Crippen molar-refractivity contribution >= 4 is 31.5 Å². The Kier molecular flexibility index (Phi) is 5.71. The third kappa shape index (κ3) is 5.85. The van der Waals surface area contributed by atoms with Crippen LogP contribution < -0.4 is 4.72 Å². The molecule has 0 spiro atoms. The van der Waals surface area contributed by atoms with Crippen molar-refractivity contribution in [3.8, 4) is 0 Å². The highest BCUT2D eigenvalue weighted by atomic mass is 35.5. The molecule has 11 heteroatoms. The third-order valence-electron chi connectivity index (χ3n) is 1.97. The van der Waals surface area contributed by atoms with Gasteiger partial charge in [-0.05, 0) is 6.42 Å². The van der Waals surface area contributed by atoms with Crippen molar-refractivity contribution in [2.45, 2.75) is 18.1 Å². The van der Waals surface area contributed by atoms with Gasteiger partial charge in [0.05, 0.1) is 5.75 Å². The van der Waals surface area contributed by atoms with Gasteiger partial charge in [0, 0.05) is 25.1 Å². The number of nitrogens with one attached hydrogen (secondary N) is 1. The van der Waals surface area contributed by atoms with E-state index in [0.29, 0.717) is 6.42 Å². The van der Waals surface area contributed by atoms with Crippen LogP contribution >= 0.6 is 11.6 Å². The lowest BCUT2D eigenvalue weighted by Gasteiger charge is -2.03. The fraction of sp³-hybridized carbons (Fsp3) is 0.750. The molecule has 0 aliphatic carbocycles. The summed E-state index contributed by atoms with van der Waals surface area (Å²) in [5.41, 5.74) is 0. The van der Waals surface area contributed by atoms with Crippen molar-refractivity contribution in [1.82, 2.24) is 14.9 Å². The van der Waals surface area contributed by atoms with Gasteiger partial charge >= 0.3 is 5.22 Å². The molecule has 1 heterocycles. The molecule has 110 valence electrons. The highest BCUT2D eigenvalue weighted by molar-refractivity contribution is 7.90. The zero-order chi connectivity index (χ0) is 14.5. The number of alkyl halides is 1. The first-order chi connectivity index (χ1) is 8.74. The second-order valence-electron chi connectivity index (χ2n) is 3.74. The normalized spacial score (nSPS) is 12.7. The lowest BCUT2D eigenvalue weighted by Crippen LogP contribution is -2.28. The molecule has 1 N–H and O–H groups in total. The lowest BCUT2D eigenvalue weighted by molar-refractivity contribution is 0.397. The van der Waals surface area contributed by atoms with Crippen LogP contribution in [0.15, 0.2) is 9.64 Å². The summed E-state index contributed by atoms with van der Waals surface area (Å²) in [6, 6.07) is 0. The predicted molar refractivity (Wildman–Crippen MR) is 68.2 cm³/mol. The SMILES string of the molecule is CS(=O)(=O)c1nnc(CCNS(=O)(=O)CCCCl)o1. The summed E-state index contributed by atoms with van der Waals surface area (Å²) in [5.74, 6) is 0.262. The number of rotatable bonds is 8. The van der Waals surface area contributed by atoms with E-state index in [1.807, 2.05) is 0 Å². The molecule has 0 atom stereocenters. The zero-order valence-electron chi connectivity index (χ0n) is 10.2. The number of sulfone groups is 1. The van der Waals surface area contributed by atoms with Crippen LogP contribution in [-0.2, 0) is 26.3 Å². The van der Waals surface area contributed by atoms with Crippen LogP contribution in [0.2, 0.25) is 0 Å². The van der Waals surface area contributed by atoms with Crippen molar-refractivity contribution in [3.63, 3.8) is 0 Å². The maximum absolute atomic E-state index is 11.4. The molecule has 0 saturated heterocycles. The Balaban J connectivity index is 2.48. The van der Waals surface area contributed by atoms with E-state index in [0.717, 1.165) is 6.26 Å². The molecule has 0 aromatic carbocycles. The maximum atomic E-state index is 11.4. The summed E-state index contributed by atoms with van der Waals surface area (Å²) < 4.78 is 52.2. The fourth-order valence-corrected chi connectivity index (χ4v) is 2.93. The first kappa shape index (κ1) is 16.3. The van der Waals surface area contributed by atoms with Crippen LogP contribution in [0.4, 0.5) is 0 Å². The minimum absolute atomic E-state index is 0.0516. The number of nitrogens with zero attached hydrogens (tertiary/aromatic N) is 2. The molecule has 0 aliphatic heterocycles. The smallest absolute Gasteiger partial charge is 0.335 e. The Morgan fingerprint density at radius 1 is 1.26 bits per heavy atom. The molecule has 1 rings (SSSR count). The Morgan fingerprint density at radius 3 is 2.47 bits per heavy atom. The summed E-state index contributed by atoms with van der Waals surface area (Å²) in [6.07, 6.45) is 1.41. The highest BCUT2D eigenvalue weighted by Crippen LogP contribution is 2.06. The van der Waals surface area contributed by atoms with E-state index in [1.54, 1.807) is 0 Å². The van der Waals surface area contributed by atoms with Gasteiger partial charge in [0.1, 0.15) is 0 Å². The van der Waals surface area contributed by atoms with Crippen molar-refractivity contribution < 1.29 is 21.3 Å². The van der Waals surface area contributed by atoms with Crippen molar-refractivity contribution in [3.05, 3.63) is 5.89 Å². The summed E-state index contributed by atoms with van der Waals surface area (Å²) in [7, 11) is -6.92. The summed E-state index contributed by atoms with van der Waals surface area (Å²) >= 11 is 5.40. The highest BCUT2D eigenvalue weighted by Gasteiger charge is 2.16. The number of hydrogen-bond acceptors (Lipinski definition) is 7. The topological polar surface area (TPSA) is 119 Å². The number of sulfonamides is 1. The van der Waals surface area contributed by atoms with E-state index < -0.39 is 25.1 Å². The lowest BCUT2D eigenvalue weighted by atomic mass is 10.4. The predicted octanol–water partition coefficient (Wildman–Crippen LogP) is -0.436. The number of aromatic nitrogens is 2. The van der Waals surface area contributed by atoms with Crippen molar-refractivity contribution in [2.75, 3.05) is 24.4 Å². The largest absolute Gasteiger partial charge is 0.412 e. The summed E-state index contributed by atoms with van der Waals surface area (Å²) in [5, 5.41) is 6.39. The Labute approximate surface area is 116 Å². The Morgan fingerprint density at radius 2 is 1.95 bits per heavy atom. The van der Waals surface area contributed by atoms with E-state index in [1.165, 1.54) is 0 Å². The summed E-state index contributed by atoms with van der Waals surface area (Å²) in [4.78, 5) is 0. The van der Waals surface area contributed by atoms with Crippen LogP contribution in [0.5, 0.6) is 0 Å². The first-order valence-corrected chi connectivity index (χ1v) is 9.38. The van der Waals surface area contributed by atoms with Crippen LogP contribution in [0.25, 0.3) is 0 Å². The molecule has 0 fully saturated rings. The van der Waals surface area contributed by atoms with Gasteiger partial charge < -0.3 is 4.42 Å². The zero-order valence-corrected chi connectivity index (χ0v) is 12.6. The van der Waals surface area contributed by atoms with Crippen molar-refractivity contribution in [1.29, 1.82) is 0 Å². The molecule has 0 aliphatic rings. The minimum Gasteiger partial charge on any atom is -0.412 e. The quantitative estimate of drug-likeness (QED) is 0.641. The number of halogens is 1. The molecule has 0 bridgehead atoms. The first-order valence-electron chi connectivity index (χ1n) is 5.30. The van der Waals surface area contributed by atoms with Gasteiger partial charge in [-0.3, -0.25) is 0 Å². The van der Waals surface area contributed by atoms with Crippen LogP contribution in [0.3, 0.4) is 0 Å². The average Bonchev–Trinajstić information content (AvgIpc) is 2.74. The molecule has 0 saturated carbocycles. The van der Waals surface area contributed by atoms with Gasteiger partial charge in [-0.25, -0.2) is 21.6 Å². The van der Waals surface area contributed by atoms with Gasteiger partial charge in [0.2, 0.25) is 25.8 Å². The van der Waals surface area contributed by atoms with E-state index in [9.17, 15) is 16.8 Å². The van der Waals surface area contributed by atoms with E-state index >= 15 is 0 Å². The molecule has 8 nitrogen and oxygen atoms in total. The monoisotopic (exact) mass is 331 g/mol. The van der Waals surface area contributed by atoms with E-state index in [-0.39, 0.29) is 30.5 Å². The molecular weight excluding hydrogens is 318 g/mol. The standard InChI is InChI=1S/C8H14ClN3O5S2/c1-18(13,14)8-12-11-7(17-8)3-5-10-19(15,16)6-2-4-9/h10H,2-6H2,1H3. The average molecular weight is 332 g/mol. The van der Waals surface area contributed by atoms with E-state index in [2.05, 4.69) is 14.9 Å². The molecule has 1 aromatic rings.